The molecule has 1 aromatic rings. The smallest absolute Gasteiger partial charge is 0.268 e. The highest BCUT2D eigenvalue weighted by molar-refractivity contribution is 5.68. The minimum atomic E-state index is -0.106. The summed E-state index contributed by atoms with van der Waals surface area (Å²) in [4.78, 5) is 3.31. The highest BCUT2D eigenvalue weighted by Crippen LogP contribution is 2.38. The second-order valence-electron chi connectivity index (χ2n) is 2.62. The number of nitrogens with zero attached hydrogens (tertiary/aromatic N) is 1. The fourth-order valence-corrected chi connectivity index (χ4v) is 1.15. The molecule has 0 atom stereocenters. The zero-order chi connectivity index (χ0) is 10.6. The summed E-state index contributed by atoms with van der Waals surface area (Å²) in [5.41, 5.74) is 0.985. The second-order valence-corrected chi connectivity index (χ2v) is 2.62. The monoisotopic (exact) mass is 193 g/mol. The Morgan fingerprint density at radius 3 is 2.07 bits per heavy atom. The first-order chi connectivity index (χ1) is 6.76. The predicted molar refractivity (Wildman–Crippen MR) is 51.7 cm³/mol. The van der Waals surface area contributed by atoms with Crippen molar-refractivity contribution in [3.63, 3.8) is 0 Å². The van der Waals surface area contributed by atoms with Crippen LogP contribution in [0.1, 0.15) is 5.56 Å². The van der Waals surface area contributed by atoms with Crippen molar-refractivity contribution < 1.29 is 14.6 Å². The van der Waals surface area contributed by atoms with Crippen LogP contribution in [0.15, 0.2) is 12.1 Å². The Bertz CT molecular complexity index is 343. The van der Waals surface area contributed by atoms with Gasteiger partial charge in [-0.05, 0) is 17.7 Å². The standard InChI is InChI=1S/C10H11NO3/c1-11-10-8(13-2)4-7(6-12)5-9(10)14-3/h4-5,12H,6H2,2-3H3. The molecular weight excluding hydrogens is 182 g/mol. The van der Waals surface area contributed by atoms with Crippen LogP contribution in [0.5, 0.6) is 11.5 Å². The number of hydrogen-bond donors (Lipinski definition) is 1. The summed E-state index contributed by atoms with van der Waals surface area (Å²) in [5.74, 6) is 0.840. The average Bonchev–Trinajstić information content (AvgIpc) is 2.26. The van der Waals surface area contributed by atoms with Crippen LogP contribution in [0.2, 0.25) is 0 Å². The van der Waals surface area contributed by atoms with E-state index in [0.29, 0.717) is 22.7 Å². The Balaban J connectivity index is 3.34. The third kappa shape index (κ3) is 1.78. The van der Waals surface area contributed by atoms with Crippen molar-refractivity contribution >= 4 is 5.69 Å². The number of rotatable bonds is 3. The van der Waals surface area contributed by atoms with Gasteiger partial charge in [-0.2, -0.15) is 0 Å². The zero-order valence-corrected chi connectivity index (χ0v) is 8.07. The lowest BCUT2D eigenvalue weighted by atomic mass is 10.2. The Labute approximate surface area is 82.5 Å². The molecule has 0 aliphatic heterocycles. The quantitative estimate of drug-likeness (QED) is 0.743. The van der Waals surface area contributed by atoms with E-state index in [2.05, 4.69) is 4.85 Å². The van der Waals surface area contributed by atoms with Gasteiger partial charge in [0.15, 0.2) is 0 Å². The van der Waals surface area contributed by atoms with Gasteiger partial charge in [0.1, 0.15) is 11.5 Å². The van der Waals surface area contributed by atoms with Gasteiger partial charge in [-0.25, -0.2) is 4.85 Å². The summed E-state index contributed by atoms with van der Waals surface area (Å²) in [6, 6.07) is 3.24. The molecule has 0 radical (unpaired) electrons. The third-order valence-corrected chi connectivity index (χ3v) is 1.83. The van der Waals surface area contributed by atoms with E-state index in [9.17, 15) is 0 Å². The predicted octanol–water partition coefficient (Wildman–Crippen LogP) is 1.75. The fraction of sp³-hybridized carbons (Fsp3) is 0.300. The van der Waals surface area contributed by atoms with E-state index in [1.54, 1.807) is 12.1 Å². The third-order valence-electron chi connectivity index (χ3n) is 1.83. The summed E-state index contributed by atoms with van der Waals surface area (Å²) in [6.07, 6.45) is 0. The number of benzene rings is 1. The van der Waals surface area contributed by atoms with Gasteiger partial charge in [-0.1, -0.05) is 0 Å². The summed E-state index contributed by atoms with van der Waals surface area (Å²) in [6.45, 7) is 6.86. The summed E-state index contributed by atoms with van der Waals surface area (Å²) in [5, 5.41) is 8.95. The maximum atomic E-state index is 8.95. The molecule has 0 bridgehead atoms. The fourth-order valence-electron chi connectivity index (χ4n) is 1.15. The van der Waals surface area contributed by atoms with Gasteiger partial charge in [0.2, 0.25) is 0 Å². The van der Waals surface area contributed by atoms with Gasteiger partial charge in [-0.3, -0.25) is 0 Å². The molecule has 0 aliphatic rings. The first-order valence-corrected chi connectivity index (χ1v) is 4.00. The highest BCUT2D eigenvalue weighted by atomic mass is 16.5. The first kappa shape index (κ1) is 10.4. The number of aliphatic hydroxyl groups excluding tert-OH is 1. The summed E-state index contributed by atoms with van der Waals surface area (Å²) in [7, 11) is 2.95. The zero-order valence-electron chi connectivity index (χ0n) is 8.07. The van der Waals surface area contributed by atoms with Gasteiger partial charge in [0.05, 0.1) is 27.4 Å². The van der Waals surface area contributed by atoms with Crippen LogP contribution in [0.4, 0.5) is 5.69 Å². The normalized spacial score (nSPS) is 9.29. The highest BCUT2D eigenvalue weighted by Gasteiger charge is 2.11. The topological polar surface area (TPSA) is 43.0 Å². The Morgan fingerprint density at radius 1 is 1.29 bits per heavy atom. The van der Waals surface area contributed by atoms with Crippen LogP contribution in [-0.2, 0) is 6.61 Å². The maximum absolute atomic E-state index is 8.95. The molecule has 1 aromatic carbocycles. The molecule has 0 fully saturated rings. The average molecular weight is 193 g/mol. The van der Waals surface area contributed by atoms with Crippen molar-refractivity contribution in [2.75, 3.05) is 14.2 Å². The van der Waals surface area contributed by atoms with E-state index in [-0.39, 0.29) is 6.61 Å². The molecule has 0 saturated heterocycles. The molecule has 4 nitrogen and oxygen atoms in total. The minimum absolute atomic E-state index is 0.106. The molecule has 1 rings (SSSR count). The molecule has 0 saturated carbocycles. The van der Waals surface area contributed by atoms with Crippen molar-refractivity contribution in [3.8, 4) is 11.5 Å². The van der Waals surface area contributed by atoms with Crippen LogP contribution in [0.25, 0.3) is 4.85 Å². The summed E-state index contributed by atoms with van der Waals surface area (Å²) >= 11 is 0. The van der Waals surface area contributed by atoms with Crippen LogP contribution in [0, 0.1) is 6.57 Å². The minimum Gasteiger partial charge on any atom is -0.508 e. The molecule has 0 unspecified atom stereocenters. The molecule has 0 heterocycles. The molecular formula is C10H11NO3. The lowest BCUT2D eigenvalue weighted by molar-refractivity contribution is 0.280. The van der Waals surface area contributed by atoms with Gasteiger partial charge < -0.3 is 14.6 Å². The molecule has 0 aliphatic carbocycles. The van der Waals surface area contributed by atoms with E-state index in [1.165, 1.54) is 14.2 Å². The van der Waals surface area contributed by atoms with E-state index >= 15 is 0 Å². The maximum Gasteiger partial charge on any atom is 0.268 e. The van der Waals surface area contributed by atoms with Gasteiger partial charge in [0, 0.05) is 0 Å². The molecule has 4 heteroatoms. The van der Waals surface area contributed by atoms with Crippen molar-refractivity contribution in [1.82, 2.24) is 0 Å². The molecule has 0 amide bonds. The van der Waals surface area contributed by atoms with Gasteiger partial charge in [0.25, 0.3) is 5.69 Å². The largest absolute Gasteiger partial charge is 0.508 e. The molecule has 14 heavy (non-hydrogen) atoms. The van der Waals surface area contributed by atoms with E-state index in [4.69, 9.17) is 21.2 Å². The molecule has 0 spiro atoms. The van der Waals surface area contributed by atoms with Crippen molar-refractivity contribution in [1.29, 1.82) is 0 Å². The van der Waals surface area contributed by atoms with Crippen LogP contribution < -0.4 is 9.47 Å². The Morgan fingerprint density at radius 2 is 1.79 bits per heavy atom. The Kier molecular flexibility index (Phi) is 3.32. The lowest BCUT2D eigenvalue weighted by Crippen LogP contribution is -1.92. The van der Waals surface area contributed by atoms with E-state index < -0.39 is 0 Å². The van der Waals surface area contributed by atoms with Crippen LogP contribution >= 0.6 is 0 Å². The molecule has 74 valence electrons. The van der Waals surface area contributed by atoms with Crippen molar-refractivity contribution in [3.05, 3.63) is 29.1 Å². The van der Waals surface area contributed by atoms with Crippen LogP contribution in [-0.4, -0.2) is 19.3 Å². The molecule has 0 aromatic heterocycles. The number of ether oxygens (including phenoxy) is 2. The Hall–Kier alpha value is -1.73. The summed E-state index contributed by atoms with van der Waals surface area (Å²) < 4.78 is 10.0. The van der Waals surface area contributed by atoms with E-state index in [0.717, 1.165) is 0 Å². The first-order valence-electron chi connectivity index (χ1n) is 4.00. The number of hydrogen-bond acceptors (Lipinski definition) is 3. The second kappa shape index (κ2) is 4.49. The van der Waals surface area contributed by atoms with Gasteiger partial charge >= 0.3 is 0 Å². The van der Waals surface area contributed by atoms with E-state index in [1.807, 2.05) is 0 Å². The van der Waals surface area contributed by atoms with Crippen LogP contribution in [0.3, 0.4) is 0 Å². The SMILES string of the molecule is [C-]#[N+]c1c(OC)cc(CO)cc1OC. The van der Waals surface area contributed by atoms with Crippen molar-refractivity contribution in [2.24, 2.45) is 0 Å². The number of methoxy groups -OCH3 is 2. The van der Waals surface area contributed by atoms with Crippen molar-refractivity contribution in [2.45, 2.75) is 6.61 Å². The number of aliphatic hydroxyl groups is 1. The lowest BCUT2D eigenvalue weighted by Gasteiger charge is -2.09. The molecule has 1 N–H and O–H groups in total. The van der Waals surface area contributed by atoms with Gasteiger partial charge in [-0.15, -0.1) is 0 Å².